The summed E-state index contributed by atoms with van der Waals surface area (Å²) in [5.74, 6) is 0.0672. The molecule has 2 fully saturated rings. The smallest absolute Gasteiger partial charge is 0.415 e. The topological polar surface area (TPSA) is 110 Å². The molecular formula is C20H17ClN4O6. The van der Waals surface area contributed by atoms with Gasteiger partial charge in [0.1, 0.15) is 30.8 Å². The number of cyclic esters (lactones) is 1. The molecule has 3 amide bonds. The van der Waals surface area contributed by atoms with Gasteiger partial charge in [-0.1, -0.05) is 11.6 Å². The van der Waals surface area contributed by atoms with Crippen LogP contribution in [0.2, 0.25) is 5.02 Å². The average Bonchev–Trinajstić information content (AvgIpc) is 3.12. The van der Waals surface area contributed by atoms with Gasteiger partial charge in [0.15, 0.2) is 0 Å². The second-order valence-corrected chi connectivity index (χ2v) is 7.59. The normalized spacial score (nSPS) is 22.4. The number of fused-ring (bicyclic) bond motifs is 3. The lowest BCUT2D eigenvalue weighted by molar-refractivity contribution is -0.126. The van der Waals surface area contributed by atoms with E-state index in [9.17, 15) is 14.4 Å². The molecule has 2 atom stereocenters. The Hall–Kier alpha value is -3.37. The Balaban J connectivity index is 1.36. The molecule has 4 heterocycles. The molecule has 0 spiro atoms. The number of nitrogens with zero attached hydrogens (tertiary/aromatic N) is 3. The molecule has 1 aromatic carbocycles. The number of pyridine rings is 1. The van der Waals surface area contributed by atoms with Crippen molar-refractivity contribution in [3.05, 3.63) is 41.6 Å². The van der Waals surface area contributed by atoms with Crippen LogP contribution < -0.4 is 19.9 Å². The van der Waals surface area contributed by atoms with E-state index in [1.165, 1.54) is 11.1 Å². The zero-order chi connectivity index (χ0) is 21.5. The van der Waals surface area contributed by atoms with Crippen molar-refractivity contribution in [3.63, 3.8) is 0 Å². The van der Waals surface area contributed by atoms with Crippen LogP contribution in [0.3, 0.4) is 0 Å². The van der Waals surface area contributed by atoms with Crippen molar-refractivity contribution in [1.82, 2.24) is 4.98 Å². The largest absolute Gasteiger partial charge is 0.489 e. The summed E-state index contributed by atoms with van der Waals surface area (Å²) in [6.07, 6.45) is -0.312. The van der Waals surface area contributed by atoms with E-state index in [0.717, 1.165) is 0 Å². The molecule has 1 aromatic heterocycles. The first-order chi connectivity index (χ1) is 15.0. The van der Waals surface area contributed by atoms with Gasteiger partial charge in [-0.2, -0.15) is 0 Å². The van der Waals surface area contributed by atoms with Crippen molar-refractivity contribution in [3.8, 4) is 5.75 Å². The second kappa shape index (κ2) is 7.71. The SMILES string of the molecule is O=C(Nc1ccc(Cl)cn1)[C@@H]1OC(=O)N2c3ccc(N4CCOCC4=O)cc3OC[C@@H]12. The summed E-state index contributed by atoms with van der Waals surface area (Å²) >= 11 is 5.81. The number of ether oxygens (including phenoxy) is 3. The number of morpholine rings is 1. The minimum Gasteiger partial charge on any atom is -0.489 e. The van der Waals surface area contributed by atoms with Crippen molar-refractivity contribution >= 4 is 46.7 Å². The van der Waals surface area contributed by atoms with Crippen molar-refractivity contribution in [2.24, 2.45) is 0 Å². The van der Waals surface area contributed by atoms with Crippen LogP contribution in [0.5, 0.6) is 5.75 Å². The Labute approximate surface area is 181 Å². The van der Waals surface area contributed by atoms with Crippen molar-refractivity contribution in [2.45, 2.75) is 12.1 Å². The first kappa shape index (κ1) is 19.6. The van der Waals surface area contributed by atoms with Gasteiger partial charge < -0.3 is 24.4 Å². The summed E-state index contributed by atoms with van der Waals surface area (Å²) in [7, 11) is 0. The van der Waals surface area contributed by atoms with Crippen molar-refractivity contribution in [1.29, 1.82) is 0 Å². The van der Waals surface area contributed by atoms with Crippen LogP contribution >= 0.6 is 11.6 Å². The van der Waals surface area contributed by atoms with Gasteiger partial charge in [-0.25, -0.2) is 9.78 Å². The Bertz CT molecular complexity index is 1060. The highest BCUT2D eigenvalue weighted by Gasteiger charge is 2.50. The maximum Gasteiger partial charge on any atom is 0.415 e. The van der Waals surface area contributed by atoms with Gasteiger partial charge in [0.2, 0.25) is 6.10 Å². The molecule has 3 aliphatic rings. The number of halogens is 1. The Morgan fingerprint density at radius 1 is 1.23 bits per heavy atom. The van der Waals surface area contributed by atoms with Gasteiger partial charge in [0, 0.05) is 24.5 Å². The molecule has 1 N–H and O–H groups in total. The summed E-state index contributed by atoms with van der Waals surface area (Å²) in [5, 5.41) is 3.06. The lowest BCUT2D eigenvalue weighted by Gasteiger charge is -2.32. The number of amides is 3. The first-order valence-electron chi connectivity index (χ1n) is 9.58. The molecule has 0 aliphatic carbocycles. The van der Waals surface area contributed by atoms with E-state index in [1.54, 1.807) is 35.2 Å². The third-order valence-electron chi connectivity index (χ3n) is 5.25. The highest BCUT2D eigenvalue weighted by molar-refractivity contribution is 6.30. The minimum atomic E-state index is -1.07. The molecule has 10 nitrogen and oxygen atoms in total. The van der Waals surface area contributed by atoms with Crippen LogP contribution in [0, 0.1) is 0 Å². The van der Waals surface area contributed by atoms with Gasteiger partial charge in [-0.15, -0.1) is 0 Å². The number of benzene rings is 1. The second-order valence-electron chi connectivity index (χ2n) is 7.15. The monoisotopic (exact) mass is 444 g/mol. The molecule has 3 aliphatic heterocycles. The molecule has 0 bridgehead atoms. The standard InChI is InChI=1S/C20H17ClN4O6/c21-11-1-4-16(22-8-11)23-19(27)18-14-9-30-15-7-12(24-5-6-29-10-17(24)26)2-3-13(15)25(14)20(28)31-18/h1-4,7-8,14,18H,5-6,9-10H2,(H,22,23,27)/t14-,18+/m0/s1. The molecule has 0 radical (unpaired) electrons. The quantitative estimate of drug-likeness (QED) is 0.768. The fraction of sp³-hybridized carbons (Fsp3) is 0.300. The molecule has 0 unspecified atom stereocenters. The van der Waals surface area contributed by atoms with E-state index in [4.69, 9.17) is 25.8 Å². The molecule has 11 heteroatoms. The van der Waals surface area contributed by atoms with Gasteiger partial charge in [0.25, 0.3) is 11.8 Å². The number of carbonyl (C=O) groups excluding carboxylic acids is 3. The third-order valence-corrected chi connectivity index (χ3v) is 5.48. The molecule has 2 aromatic rings. The highest BCUT2D eigenvalue weighted by Crippen LogP contribution is 2.41. The fourth-order valence-electron chi connectivity index (χ4n) is 3.78. The number of nitrogens with one attached hydrogen (secondary N) is 1. The highest BCUT2D eigenvalue weighted by atomic mass is 35.5. The number of aromatic nitrogens is 1. The van der Waals surface area contributed by atoms with E-state index in [1.807, 2.05) is 0 Å². The van der Waals surface area contributed by atoms with E-state index < -0.39 is 24.1 Å². The minimum absolute atomic E-state index is 0.0255. The maximum absolute atomic E-state index is 12.7. The Kier molecular flexibility index (Phi) is 4.87. The summed E-state index contributed by atoms with van der Waals surface area (Å²) in [5.41, 5.74) is 1.13. The van der Waals surface area contributed by atoms with E-state index >= 15 is 0 Å². The molecule has 5 rings (SSSR count). The summed E-state index contributed by atoms with van der Waals surface area (Å²) < 4.78 is 16.3. The molecule has 160 valence electrons. The summed E-state index contributed by atoms with van der Waals surface area (Å²) in [6.45, 7) is 0.972. The van der Waals surface area contributed by atoms with Crippen LogP contribution in [0.1, 0.15) is 0 Å². The van der Waals surface area contributed by atoms with Gasteiger partial charge in [-0.3, -0.25) is 14.5 Å². The molecule has 0 saturated carbocycles. The zero-order valence-corrected chi connectivity index (χ0v) is 16.9. The van der Waals surface area contributed by atoms with Crippen LogP contribution in [0.25, 0.3) is 0 Å². The summed E-state index contributed by atoms with van der Waals surface area (Å²) in [6, 6.07) is 7.62. The van der Waals surface area contributed by atoms with E-state index in [-0.39, 0.29) is 19.1 Å². The van der Waals surface area contributed by atoms with Crippen molar-refractivity contribution in [2.75, 3.05) is 41.5 Å². The van der Waals surface area contributed by atoms with Gasteiger partial charge in [-0.05, 0) is 24.3 Å². The lowest BCUT2D eigenvalue weighted by atomic mass is 10.1. The predicted octanol–water partition coefficient (Wildman–Crippen LogP) is 1.82. The van der Waals surface area contributed by atoms with Crippen molar-refractivity contribution < 1.29 is 28.6 Å². The fourth-order valence-corrected chi connectivity index (χ4v) is 3.89. The average molecular weight is 445 g/mol. The lowest BCUT2D eigenvalue weighted by Crippen LogP contribution is -2.48. The van der Waals surface area contributed by atoms with Crippen LogP contribution in [0.4, 0.5) is 22.0 Å². The first-order valence-corrected chi connectivity index (χ1v) is 9.96. The van der Waals surface area contributed by atoms with E-state index in [2.05, 4.69) is 10.3 Å². The third kappa shape index (κ3) is 3.53. The molecule has 31 heavy (non-hydrogen) atoms. The number of hydrogen-bond donors (Lipinski definition) is 1. The van der Waals surface area contributed by atoms with Gasteiger partial charge >= 0.3 is 6.09 Å². The number of anilines is 3. The predicted molar refractivity (Wildman–Crippen MR) is 110 cm³/mol. The van der Waals surface area contributed by atoms with E-state index in [0.29, 0.717) is 41.1 Å². The maximum atomic E-state index is 12.7. The molecule has 2 saturated heterocycles. The number of hydrogen-bond acceptors (Lipinski definition) is 7. The number of rotatable bonds is 3. The zero-order valence-electron chi connectivity index (χ0n) is 16.1. The Morgan fingerprint density at radius 3 is 2.87 bits per heavy atom. The van der Waals surface area contributed by atoms with Gasteiger partial charge in [0.05, 0.1) is 17.3 Å². The Morgan fingerprint density at radius 2 is 2.10 bits per heavy atom. The molecular weight excluding hydrogens is 428 g/mol. The van der Waals surface area contributed by atoms with Crippen LogP contribution in [0.15, 0.2) is 36.5 Å². The number of carbonyl (C=O) groups is 3. The van der Waals surface area contributed by atoms with Crippen LogP contribution in [-0.2, 0) is 19.1 Å². The van der Waals surface area contributed by atoms with Crippen LogP contribution in [-0.4, -0.2) is 61.4 Å². The summed E-state index contributed by atoms with van der Waals surface area (Å²) in [4.78, 5) is 44.4.